The highest BCUT2D eigenvalue weighted by Crippen LogP contribution is 2.16. The van der Waals surface area contributed by atoms with Crippen LogP contribution in [0.25, 0.3) is 0 Å². The fraction of sp³-hybridized carbons (Fsp3) is 0.545. The van der Waals surface area contributed by atoms with E-state index in [1.165, 1.54) is 4.90 Å². The normalized spacial score (nSPS) is 18.9. The molecule has 2 heterocycles. The molecule has 2 amide bonds. The Kier molecular flexibility index (Phi) is 3.50. The summed E-state index contributed by atoms with van der Waals surface area (Å²) in [5.41, 5.74) is 0.778. The Bertz CT molecular complexity index is 457. The summed E-state index contributed by atoms with van der Waals surface area (Å²) in [7, 11) is 1.81. The van der Waals surface area contributed by atoms with Crippen LogP contribution in [0.1, 0.15) is 12.1 Å². The van der Waals surface area contributed by atoms with Crippen LogP contribution in [0.3, 0.4) is 0 Å². The number of likely N-dealkylation sites (tertiary alicyclic amines) is 1. The lowest BCUT2D eigenvalue weighted by molar-refractivity contribution is -0.141. The highest BCUT2D eigenvalue weighted by Gasteiger charge is 2.30. The zero-order chi connectivity index (χ0) is 13.1. The Labute approximate surface area is 104 Å². The van der Waals surface area contributed by atoms with Gasteiger partial charge in [-0.2, -0.15) is 5.10 Å². The number of carbonyl (C=O) groups excluding carboxylic acids is 1. The van der Waals surface area contributed by atoms with Gasteiger partial charge in [-0.15, -0.1) is 0 Å². The molecule has 1 aliphatic rings. The molecule has 1 saturated heterocycles. The van der Waals surface area contributed by atoms with Crippen LogP contribution in [0, 0.1) is 5.92 Å². The molecule has 1 aliphatic heterocycles. The first-order chi connectivity index (χ1) is 8.56. The minimum atomic E-state index is -0.838. The fourth-order valence-corrected chi connectivity index (χ4v) is 1.98. The molecule has 1 atom stereocenters. The number of hydrogen-bond donors (Lipinski definition) is 2. The van der Waals surface area contributed by atoms with Gasteiger partial charge in [0.15, 0.2) is 0 Å². The van der Waals surface area contributed by atoms with Crippen molar-refractivity contribution < 1.29 is 14.7 Å². The van der Waals surface area contributed by atoms with Crippen LogP contribution in [0.5, 0.6) is 0 Å². The van der Waals surface area contributed by atoms with Gasteiger partial charge in [-0.25, -0.2) is 4.79 Å². The predicted octanol–water partition coefficient (Wildman–Crippen LogP) is 0.0362. The first-order valence-electron chi connectivity index (χ1n) is 5.80. The summed E-state index contributed by atoms with van der Waals surface area (Å²) in [6.45, 7) is 1.13. The summed E-state index contributed by atoms with van der Waals surface area (Å²) in [5, 5.41) is 15.7. The number of nitrogens with zero attached hydrogens (tertiary/aromatic N) is 3. The van der Waals surface area contributed by atoms with Crippen LogP contribution < -0.4 is 5.32 Å². The second-order valence-electron chi connectivity index (χ2n) is 4.41. The molecule has 0 aliphatic carbocycles. The average molecular weight is 252 g/mol. The molecule has 1 unspecified atom stereocenters. The Morgan fingerprint density at radius 2 is 2.39 bits per heavy atom. The summed E-state index contributed by atoms with van der Waals surface area (Å²) < 4.78 is 1.66. The fourth-order valence-electron chi connectivity index (χ4n) is 1.98. The lowest BCUT2D eigenvalue weighted by atomic mass is 10.1. The number of aromatic nitrogens is 2. The summed E-state index contributed by atoms with van der Waals surface area (Å²) in [4.78, 5) is 24.1. The van der Waals surface area contributed by atoms with Crippen molar-refractivity contribution in [3.63, 3.8) is 0 Å². The molecule has 0 aromatic carbocycles. The number of carboxylic acid groups (broad SMARTS) is 1. The van der Waals surface area contributed by atoms with Crippen molar-refractivity contribution in [1.29, 1.82) is 0 Å². The number of hydrogen-bond acceptors (Lipinski definition) is 3. The lowest BCUT2D eigenvalue weighted by Crippen LogP contribution is -2.38. The molecule has 98 valence electrons. The van der Waals surface area contributed by atoms with Gasteiger partial charge in [0.2, 0.25) is 0 Å². The van der Waals surface area contributed by atoms with E-state index in [2.05, 4.69) is 10.4 Å². The van der Waals surface area contributed by atoms with E-state index in [-0.39, 0.29) is 12.6 Å². The predicted molar refractivity (Wildman–Crippen MR) is 62.8 cm³/mol. The molecule has 0 saturated carbocycles. The first-order valence-corrected chi connectivity index (χ1v) is 5.80. The molecular formula is C11H16N4O3. The largest absolute Gasteiger partial charge is 0.481 e. The third kappa shape index (κ3) is 2.79. The summed E-state index contributed by atoms with van der Waals surface area (Å²) in [6, 6.07) is 1.59. The van der Waals surface area contributed by atoms with E-state index in [9.17, 15) is 9.59 Å². The van der Waals surface area contributed by atoms with Gasteiger partial charge in [0.1, 0.15) is 0 Å². The van der Waals surface area contributed by atoms with E-state index in [0.29, 0.717) is 19.5 Å². The van der Waals surface area contributed by atoms with Gasteiger partial charge < -0.3 is 15.3 Å². The lowest BCUT2D eigenvalue weighted by Gasteiger charge is -2.16. The SMILES string of the molecule is Cn1ccc(CNC(=O)N2CCC(C(=O)O)C2)n1. The molecule has 1 aromatic heterocycles. The van der Waals surface area contributed by atoms with E-state index < -0.39 is 11.9 Å². The zero-order valence-corrected chi connectivity index (χ0v) is 10.2. The number of carbonyl (C=O) groups is 2. The number of rotatable bonds is 3. The number of aliphatic carboxylic acids is 1. The van der Waals surface area contributed by atoms with Crippen LogP contribution >= 0.6 is 0 Å². The molecule has 2 rings (SSSR count). The van der Waals surface area contributed by atoms with Gasteiger partial charge in [-0.3, -0.25) is 9.48 Å². The quantitative estimate of drug-likeness (QED) is 0.795. The Morgan fingerprint density at radius 3 is 2.94 bits per heavy atom. The van der Waals surface area contributed by atoms with Crippen molar-refractivity contribution >= 4 is 12.0 Å². The van der Waals surface area contributed by atoms with Crippen molar-refractivity contribution in [2.24, 2.45) is 13.0 Å². The van der Waals surface area contributed by atoms with Crippen molar-refractivity contribution in [2.45, 2.75) is 13.0 Å². The molecule has 0 spiro atoms. The number of aryl methyl sites for hydroxylation is 1. The molecule has 18 heavy (non-hydrogen) atoms. The van der Waals surface area contributed by atoms with E-state index in [4.69, 9.17) is 5.11 Å². The van der Waals surface area contributed by atoms with E-state index in [1.54, 1.807) is 10.9 Å². The van der Waals surface area contributed by atoms with E-state index in [0.717, 1.165) is 5.69 Å². The smallest absolute Gasteiger partial charge is 0.317 e. The number of carboxylic acids is 1. The van der Waals surface area contributed by atoms with E-state index >= 15 is 0 Å². The third-order valence-corrected chi connectivity index (χ3v) is 3.01. The first kappa shape index (κ1) is 12.4. The maximum absolute atomic E-state index is 11.8. The molecular weight excluding hydrogens is 236 g/mol. The van der Waals surface area contributed by atoms with Crippen molar-refractivity contribution in [3.05, 3.63) is 18.0 Å². The highest BCUT2D eigenvalue weighted by molar-refractivity contribution is 5.77. The van der Waals surface area contributed by atoms with Crippen LogP contribution in [-0.2, 0) is 18.4 Å². The topological polar surface area (TPSA) is 87.5 Å². The molecule has 0 bridgehead atoms. The summed E-state index contributed by atoms with van der Waals surface area (Å²) in [6.07, 6.45) is 2.32. The minimum Gasteiger partial charge on any atom is -0.481 e. The van der Waals surface area contributed by atoms with Crippen molar-refractivity contribution in [3.8, 4) is 0 Å². The molecule has 7 heteroatoms. The van der Waals surface area contributed by atoms with E-state index in [1.807, 2.05) is 13.1 Å². The maximum Gasteiger partial charge on any atom is 0.317 e. The van der Waals surface area contributed by atoms with Crippen LogP contribution in [0.15, 0.2) is 12.3 Å². The van der Waals surface area contributed by atoms with Gasteiger partial charge in [-0.1, -0.05) is 0 Å². The molecule has 0 radical (unpaired) electrons. The number of amides is 2. The van der Waals surface area contributed by atoms with Gasteiger partial charge >= 0.3 is 12.0 Å². The van der Waals surface area contributed by atoms with Crippen LogP contribution in [0.4, 0.5) is 4.79 Å². The second-order valence-corrected chi connectivity index (χ2v) is 4.41. The monoisotopic (exact) mass is 252 g/mol. The average Bonchev–Trinajstić information content (AvgIpc) is 2.94. The highest BCUT2D eigenvalue weighted by atomic mass is 16.4. The Balaban J connectivity index is 1.80. The second kappa shape index (κ2) is 5.07. The standard InChI is InChI=1S/C11H16N4O3/c1-14-4-3-9(13-14)6-12-11(18)15-5-2-8(7-15)10(16)17/h3-4,8H,2,5-7H2,1H3,(H,12,18)(H,16,17). The van der Waals surface area contributed by atoms with Gasteiger partial charge in [0, 0.05) is 26.3 Å². The third-order valence-electron chi connectivity index (χ3n) is 3.01. The minimum absolute atomic E-state index is 0.232. The van der Waals surface area contributed by atoms with Crippen molar-refractivity contribution in [1.82, 2.24) is 20.0 Å². The van der Waals surface area contributed by atoms with Crippen LogP contribution in [-0.4, -0.2) is 44.9 Å². The number of nitrogens with one attached hydrogen (secondary N) is 1. The van der Waals surface area contributed by atoms with Gasteiger partial charge in [-0.05, 0) is 12.5 Å². The molecule has 7 nitrogen and oxygen atoms in total. The number of urea groups is 1. The molecule has 2 N–H and O–H groups in total. The Morgan fingerprint density at radius 1 is 1.61 bits per heavy atom. The van der Waals surface area contributed by atoms with Gasteiger partial charge in [0.25, 0.3) is 0 Å². The molecule has 1 aromatic rings. The maximum atomic E-state index is 11.8. The summed E-state index contributed by atoms with van der Waals surface area (Å²) >= 11 is 0. The Hall–Kier alpha value is -2.05. The summed E-state index contributed by atoms with van der Waals surface area (Å²) in [5.74, 6) is -1.28. The van der Waals surface area contributed by atoms with Crippen molar-refractivity contribution in [2.75, 3.05) is 13.1 Å². The van der Waals surface area contributed by atoms with Crippen LogP contribution in [0.2, 0.25) is 0 Å². The van der Waals surface area contributed by atoms with Gasteiger partial charge in [0.05, 0.1) is 18.2 Å². The zero-order valence-electron chi connectivity index (χ0n) is 10.2. The molecule has 1 fully saturated rings.